The smallest absolute Gasteiger partial charge is 0.425 e. The Hall–Kier alpha value is -5.37. The summed E-state index contributed by atoms with van der Waals surface area (Å²) < 4.78 is 0. The Kier molecular flexibility index (Phi) is 17.7. The summed E-state index contributed by atoms with van der Waals surface area (Å²) >= 11 is 0. The van der Waals surface area contributed by atoms with Crippen molar-refractivity contribution in [1.29, 1.82) is 0 Å². The molecule has 0 saturated carbocycles. The Bertz CT molecular complexity index is 1620. The van der Waals surface area contributed by atoms with Crippen molar-refractivity contribution in [1.82, 2.24) is 31.5 Å². The third kappa shape index (κ3) is 13.9. The minimum absolute atomic E-state index is 0.319. The lowest BCUT2D eigenvalue weighted by molar-refractivity contribution is -0.143. The number of aryl methyl sites for hydroxylation is 1. The minimum Gasteiger partial charge on any atom is -0.425 e. The molecular weight excluding hydrogens is 703 g/mol. The second kappa shape index (κ2) is 21.4. The van der Waals surface area contributed by atoms with Crippen LogP contribution in [-0.2, 0) is 35.2 Å². The fourth-order valence-electron chi connectivity index (χ4n) is 5.13. The van der Waals surface area contributed by atoms with E-state index in [9.17, 15) is 38.7 Å². The molecule has 54 heavy (non-hydrogen) atoms. The molecule has 2 aromatic rings. The molecule has 18 nitrogen and oxygen atoms in total. The molecule has 0 spiro atoms. The molecule has 0 aromatic heterocycles. The lowest BCUT2D eigenvalue weighted by Gasteiger charge is -2.30. The van der Waals surface area contributed by atoms with Crippen molar-refractivity contribution in [2.45, 2.75) is 89.7 Å². The maximum absolute atomic E-state index is 13.1. The highest BCUT2D eigenvalue weighted by molar-refractivity contribution is 6.43. The molecule has 0 aliphatic rings. The van der Waals surface area contributed by atoms with Crippen molar-refractivity contribution >= 4 is 48.5 Å². The summed E-state index contributed by atoms with van der Waals surface area (Å²) in [5.74, 6) is -6.03. The van der Waals surface area contributed by atoms with Crippen LogP contribution in [0.5, 0.6) is 0 Å². The summed E-state index contributed by atoms with van der Waals surface area (Å²) in [5, 5.41) is 40.0. The lowest BCUT2D eigenvalue weighted by atomic mass is 9.86. The van der Waals surface area contributed by atoms with Gasteiger partial charge in [0.05, 0.1) is 19.1 Å². The quantitative estimate of drug-likeness (QED) is 0.0495. The third-order valence-corrected chi connectivity index (χ3v) is 8.36. The number of benzene rings is 2. The Morgan fingerprint density at radius 3 is 1.85 bits per heavy atom. The van der Waals surface area contributed by atoms with Crippen molar-refractivity contribution in [2.24, 2.45) is 11.5 Å². The van der Waals surface area contributed by atoms with Crippen molar-refractivity contribution in [3.63, 3.8) is 0 Å². The van der Waals surface area contributed by atoms with Gasteiger partial charge in [-0.25, -0.2) is 0 Å². The molecule has 0 aliphatic heterocycles. The number of rotatable bonds is 20. The third-order valence-electron chi connectivity index (χ3n) is 8.36. The number of primary amides is 1. The van der Waals surface area contributed by atoms with Gasteiger partial charge in [-0.3, -0.25) is 33.6 Å². The predicted octanol–water partition coefficient (Wildman–Crippen LogP) is -2.58. The molecular formula is C35H51BN8O10. The number of nitrogens with two attached hydrogens (primary N) is 2. The largest absolute Gasteiger partial charge is 0.490 e. The van der Waals surface area contributed by atoms with Crippen LogP contribution in [0.15, 0.2) is 48.5 Å². The van der Waals surface area contributed by atoms with Gasteiger partial charge in [-0.15, -0.1) is 0 Å². The van der Waals surface area contributed by atoms with Crippen LogP contribution in [0.25, 0.3) is 11.1 Å². The van der Waals surface area contributed by atoms with Gasteiger partial charge in [-0.1, -0.05) is 49.7 Å². The first-order chi connectivity index (χ1) is 25.4. The number of nitrogens with one attached hydrogen (secondary N) is 5. The zero-order valence-electron chi connectivity index (χ0n) is 31.0. The topological polar surface area (TPSA) is 296 Å². The number of amides is 7. The molecule has 2 rings (SSSR count). The molecule has 6 unspecified atom stereocenters. The van der Waals surface area contributed by atoms with Gasteiger partial charge in [-0.05, 0) is 62.4 Å². The highest BCUT2D eigenvalue weighted by Gasteiger charge is 2.34. The molecule has 0 radical (unpaired) electrons. The van der Waals surface area contributed by atoms with Crippen LogP contribution in [0.3, 0.4) is 0 Å². The molecule has 0 bridgehead atoms. The predicted molar refractivity (Wildman–Crippen MR) is 198 cm³/mol. The molecule has 294 valence electrons. The Morgan fingerprint density at radius 2 is 1.33 bits per heavy atom. The van der Waals surface area contributed by atoms with Crippen LogP contribution >= 0.6 is 0 Å². The van der Waals surface area contributed by atoms with Crippen LogP contribution < -0.4 is 38.1 Å². The van der Waals surface area contributed by atoms with Crippen LogP contribution in [0, 0.1) is 0 Å². The van der Waals surface area contributed by atoms with E-state index in [1.807, 2.05) is 17.4 Å². The molecule has 0 fully saturated rings. The number of hydrogen-bond acceptors (Lipinski definition) is 11. The molecule has 0 heterocycles. The van der Waals surface area contributed by atoms with Gasteiger partial charge in [-0.2, -0.15) is 0 Å². The van der Waals surface area contributed by atoms with Crippen LogP contribution in [0.1, 0.15) is 62.9 Å². The first-order valence-corrected chi connectivity index (χ1v) is 17.4. The Morgan fingerprint density at radius 1 is 0.778 bits per heavy atom. The molecule has 19 heteroatoms. The van der Waals surface area contributed by atoms with E-state index >= 15 is 0 Å². The number of carbonyl (C=O) groups excluding carboxylic acids is 7. The van der Waals surface area contributed by atoms with Crippen LogP contribution in [-0.4, -0.2) is 118 Å². The average Bonchev–Trinajstić information content (AvgIpc) is 3.12. The van der Waals surface area contributed by atoms with Gasteiger partial charge in [0.1, 0.15) is 30.2 Å². The second-order valence-corrected chi connectivity index (χ2v) is 12.9. The summed E-state index contributed by atoms with van der Waals surface area (Å²) in [6, 6.07) is 7.89. The summed E-state index contributed by atoms with van der Waals surface area (Å²) in [6.45, 7) is 5.40. The van der Waals surface area contributed by atoms with Crippen molar-refractivity contribution < 1.29 is 48.7 Å². The maximum Gasteiger partial charge on any atom is 0.490 e. The van der Waals surface area contributed by atoms with E-state index in [4.69, 9.17) is 21.5 Å². The number of hydrogen-bond donors (Lipinski definition) is 10. The van der Waals surface area contributed by atoms with E-state index in [0.717, 1.165) is 35.3 Å². The van der Waals surface area contributed by atoms with Crippen LogP contribution in [0.4, 0.5) is 0 Å². The van der Waals surface area contributed by atoms with E-state index in [0.29, 0.717) is 5.56 Å². The van der Waals surface area contributed by atoms with Gasteiger partial charge >= 0.3 is 7.12 Å². The molecule has 0 saturated heterocycles. The van der Waals surface area contributed by atoms with Crippen molar-refractivity contribution in [2.75, 3.05) is 13.6 Å². The fourth-order valence-corrected chi connectivity index (χ4v) is 5.13. The van der Waals surface area contributed by atoms with Crippen molar-refractivity contribution in [3.8, 4) is 11.1 Å². The lowest BCUT2D eigenvalue weighted by Crippen LogP contribution is -2.61. The van der Waals surface area contributed by atoms with E-state index in [2.05, 4.69) is 40.3 Å². The highest BCUT2D eigenvalue weighted by Crippen LogP contribution is 2.21. The van der Waals surface area contributed by atoms with E-state index < -0.39 is 97.8 Å². The molecule has 0 aliphatic carbocycles. The number of carbonyl (C=O) groups is 7. The first-order valence-electron chi connectivity index (χ1n) is 17.4. The van der Waals surface area contributed by atoms with Gasteiger partial charge in [0, 0.05) is 12.6 Å². The van der Waals surface area contributed by atoms with Gasteiger partial charge in [0.2, 0.25) is 35.4 Å². The summed E-state index contributed by atoms with van der Waals surface area (Å²) in [5.41, 5.74) is 14.0. The number of aliphatic hydroxyl groups excluding tert-OH is 1. The molecule has 7 amide bonds. The van der Waals surface area contributed by atoms with Gasteiger partial charge in [0.15, 0.2) is 0 Å². The van der Waals surface area contributed by atoms with Crippen LogP contribution in [0.2, 0.25) is 0 Å². The number of unbranched alkanes of at least 4 members (excludes halogenated alkanes) is 1. The molecule has 12 N–H and O–H groups in total. The zero-order chi connectivity index (χ0) is 40.7. The number of nitrogens with zero attached hydrogens (tertiary/aromatic N) is 1. The SMILES string of the molecule is CCCCc1ccc(-c2ccc(C(=O)NC(C)C(=O)NCC(=O)N(C)C(C(=O)NC(C)C(=O)NC(CC(N)=O)C(=O)NC(N)B(O)O)C(C)O)cc2)cc1. The first kappa shape index (κ1) is 44.8. The summed E-state index contributed by atoms with van der Waals surface area (Å²) in [4.78, 5) is 89.3. The molecule has 2 aromatic carbocycles. The highest BCUT2D eigenvalue weighted by atomic mass is 16.4. The molecule has 6 atom stereocenters. The van der Waals surface area contributed by atoms with Gasteiger partial charge < -0.3 is 58.1 Å². The standard InChI is InChI=1S/C35H51BN8O10/c1-6-7-8-22-9-11-23(12-10-22)24-13-15-25(16-14-24)32(50)40-19(2)30(48)39-18-28(47)44(5)29(21(4)45)34(52)41-20(3)31(49)42-26(17-27(37)46)33(51)43-35(38)36(53)54/h9-16,19-21,26,29,35,45,53-54H,6-8,17-18,38H2,1-5H3,(H2,37,46)(H,39,48)(H,40,50)(H,41,52)(H,42,49)(H,43,51). The Balaban J connectivity index is 1.94. The monoisotopic (exact) mass is 754 g/mol. The fraction of sp³-hybridized carbons (Fsp3) is 0.457. The van der Waals surface area contributed by atoms with E-state index in [1.165, 1.54) is 33.4 Å². The maximum atomic E-state index is 13.1. The number of likely N-dealkylation sites (N-methyl/N-ethyl adjacent to an activating group) is 1. The average molecular weight is 755 g/mol. The Labute approximate surface area is 313 Å². The zero-order valence-corrected chi connectivity index (χ0v) is 31.0. The number of aliphatic hydroxyl groups is 1. The normalized spacial score (nSPS) is 14.2. The summed E-state index contributed by atoms with van der Waals surface area (Å²) in [7, 11) is -0.956. The minimum atomic E-state index is -2.15. The second-order valence-electron chi connectivity index (χ2n) is 12.9. The van der Waals surface area contributed by atoms with E-state index in [1.54, 1.807) is 24.3 Å². The van der Waals surface area contributed by atoms with Gasteiger partial charge in [0.25, 0.3) is 5.91 Å². The van der Waals surface area contributed by atoms with Crippen molar-refractivity contribution in [3.05, 3.63) is 59.7 Å². The summed E-state index contributed by atoms with van der Waals surface area (Å²) in [6.07, 6.45) is 1.09. The van der Waals surface area contributed by atoms with E-state index in [-0.39, 0.29) is 0 Å².